The molecule has 0 atom stereocenters. The summed E-state index contributed by atoms with van der Waals surface area (Å²) in [6.45, 7) is 5.68. The van der Waals surface area contributed by atoms with E-state index in [2.05, 4.69) is 8.75 Å². The van der Waals surface area contributed by atoms with Crippen LogP contribution in [-0.4, -0.2) is 8.75 Å². The molecule has 1 N–H and O–H groups in total. The van der Waals surface area contributed by atoms with Crippen LogP contribution in [0.25, 0.3) is 0 Å². The van der Waals surface area contributed by atoms with E-state index in [-0.39, 0.29) is 5.56 Å². The lowest BCUT2D eigenvalue weighted by Crippen LogP contribution is -1.99. The van der Waals surface area contributed by atoms with Crippen molar-refractivity contribution in [3.8, 4) is 0 Å². The summed E-state index contributed by atoms with van der Waals surface area (Å²) in [5.41, 5.74) is 0.468. The number of nitrogens with zero attached hydrogens (tertiary/aromatic N) is 1. The molecular weight excluding hydrogens is 136 g/mol. The zero-order valence-corrected chi connectivity index (χ0v) is 6.58. The van der Waals surface area contributed by atoms with E-state index in [1.165, 1.54) is 0 Å². The summed E-state index contributed by atoms with van der Waals surface area (Å²) < 4.78 is 6.13. The van der Waals surface area contributed by atoms with Gasteiger partial charge in [-0.3, -0.25) is 9.17 Å². The minimum absolute atomic E-state index is 0.0787. The lowest BCUT2D eigenvalue weighted by molar-refractivity contribution is 1.25. The van der Waals surface area contributed by atoms with Gasteiger partial charge in [-0.25, -0.2) is 0 Å². The van der Waals surface area contributed by atoms with Crippen molar-refractivity contribution >= 4 is 11.7 Å². The van der Waals surface area contributed by atoms with E-state index in [4.69, 9.17) is 0 Å². The molecule has 1 heterocycles. The van der Waals surface area contributed by atoms with Gasteiger partial charge in [0.15, 0.2) is 0 Å². The number of hydrogen-bond donors (Lipinski definition) is 1. The van der Waals surface area contributed by atoms with Crippen LogP contribution in [0, 0.1) is 6.92 Å². The molecule has 0 aliphatic rings. The Hall–Kier alpha value is -0.640. The van der Waals surface area contributed by atoms with Gasteiger partial charge in [0.05, 0.1) is 0 Å². The van der Waals surface area contributed by atoms with Gasteiger partial charge < -0.3 is 0 Å². The molecule has 1 rings (SSSR count). The first-order valence-corrected chi connectivity index (χ1v) is 3.59. The predicted octanol–water partition coefficient (Wildman–Crippen LogP) is 1.17. The average Bonchev–Trinajstić information content (AvgIpc) is 2.23. The van der Waals surface area contributed by atoms with E-state index in [0.717, 1.165) is 11.7 Å². The predicted molar refractivity (Wildman–Crippen MR) is 38.8 cm³/mol. The van der Waals surface area contributed by atoms with E-state index in [0.29, 0.717) is 5.69 Å². The summed E-state index contributed by atoms with van der Waals surface area (Å²) in [6.07, 6.45) is 0. The maximum absolute atomic E-state index is 10.3. The summed E-state index contributed by atoms with van der Waals surface area (Å²) in [6, 6.07) is 0. The van der Waals surface area contributed by atoms with Crippen LogP contribution in [0.5, 0.6) is 0 Å². The third kappa shape index (κ3) is 2.41. The third-order valence-electron chi connectivity index (χ3n) is 0.650. The second-order valence-corrected chi connectivity index (χ2v) is 1.77. The van der Waals surface area contributed by atoms with Crippen LogP contribution in [0.4, 0.5) is 0 Å². The highest BCUT2D eigenvalue weighted by molar-refractivity contribution is 6.99. The molecule has 0 saturated carbocycles. The van der Waals surface area contributed by atoms with Gasteiger partial charge in [-0.1, -0.05) is 13.8 Å². The molecule has 0 aliphatic heterocycles. The fourth-order valence-electron chi connectivity index (χ4n) is 0.248. The van der Waals surface area contributed by atoms with Crippen LogP contribution < -0.4 is 5.56 Å². The minimum Gasteiger partial charge on any atom is -0.267 e. The smallest absolute Gasteiger partial charge is 0.267 e. The second kappa shape index (κ2) is 4.26. The molecule has 0 aromatic carbocycles. The number of H-pyrrole nitrogens is 1. The number of nitrogens with one attached hydrogen (secondary N) is 1. The van der Waals surface area contributed by atoms with Gasteiger partial charge in [-0.05, 0) is 6.92 Å². The van der Waals surface area contributed by atoms with Crippen molar-refractivity contribution in [2.24, 2.45) is 0 Å². The molecule has 0 fully saturated rings. The molecule has 1 aromatic rings. The maximum atomic E-state index is 10.3. The first kappa shape index (κ1) is 8.36. The molecule has 3 nitrogen and oxygen atoms in total. The fraction of sp³-hybridized carbons (Fsp3) is 0.600. The molecular formula is C5H10N2OS. The van der Waals surface area contributed by atoms with E-state index < -0.39 is 0 Å². The quantitative estimate of drug-likeness (QED) is 0.597. The molecule has 0 radical (unpaired) electrons. The van der Waals surface area contributed by atoms with Gasteiger partial charge in [0.2, 0.25) is 0 Å². The second-order valence-electron chi connectivity index (χ2n) is 1.20. The van der Waals surface area contributed by atoms with Crippen molar-refractivity contribution in [2.75, 3.05) is 0 Å². The highest BCUT2D eigenvalue weighted by atomic mass is 32.1. The van der Waals surface area contributed by atoms with E-state index in [1.807, 2.05) is 13.8 Å². The Kier molecular flexibility index (Phi) is 3.96. The molecule has 1 aromatic heterocycles. The summed E-state index contributed by atoms with van der Waals surface area (Å²) in [5.74, 6) is 0. The Balaban J connectivity index is 0.000000291. The average molecular weight is 146 g/mol. The molecule has 0 aliphatic carbocycles. The third-order valence-corrected chi connectivity index (χ3v) is 1.29. The number of aromatic amines is 1. The van der Waals surface area contributed by atoms with Gasteiger partial charge in [-0.15, -0.1) is 0 Å². The molecule has 4 heteroatoms. The van der Waals surface area contributed by atoms with Crippen molar-refractivity contribution in [3.63, 3.8) is 0 Å². The highest BCUT2D eigenvalue weighted by Gasteiger charge is 1.89. The lowest BCUT2D eigenvalue weighted by Gasteiger charge is -1.62. The summed E-state index contributed by atoms with van der Waals surface area (Å²) >= 11 is 1.08. The standard InChI is InChI=1S/C3H4N2OS.C2H6/c1-2-3(6)5-7-4-2;1-2/h1H3,(H,5,6);1-2H3. The van der Waals surface area contributed by atoms with Crippen LogP contribution >= 0.6 is 11.7 Å². The lowest BCUT2D eigenvalue weighted by atomic mass is 10.6. The summed E-state index contributed by atoms with van der Waals surface area (Å²) in [4.78, 5) is 10.3. The Morgan fingerprint density at radius 3 is 2.22 bits per heavy atom. The molecule has 0 amide bonds. The Labute approximate surface area is 58.1 Å². The molecule has 0 saturated heterocycles. The SMILES string of the molecule is CC.Cc1ns[nH]c1=O. The first-order chi connectivity index (χ1) is 4.30. The number of rotatable bonds is 0. The number of aromatic nitrogens is 2. The van der Waals surface area contributed by atoms with Crippen molar-refractivity contribution in [1.29, 1.82) is 0 Å². The van der Waals surface area contributed by atoms with Gasteiger partial charge in [0, 0.05) is 11.7 Å². The van der Waals surface area contributed by atoms with Crippen LogP contribution in [0.15, 0.2) is 4.79 Å². The van der Waals surface area contributed by atoms with Crippen LogP contribution in [0.3, 0.4) is 0 Å². The number of aryl methyl sites for hydroxylation is 1. The first-order valence-electron chi connectivity index (χ1n) is 2.81. The van der Waals surface area contributed by atoms with Gasteiger partial charge >= 0.3 is 0 Å². The van der Waals surface area contributed by atoms with Crippen molar-refractivity contribution in [2.45, 2.75) is 20.8 Å². The fourth-order valence-corrected chi connectivity index (χ4v) is 0.744. The number of hydrogen-bond acceptors (Lipinski definition) is 3. The molecule has 0 spiro atoms. The van der Waals surface area contributed by atoms with E-state index in [9.17, 15) is 4.79 Å². The van der Waals surface area contributed by atoms with E-state index >= 15 is 0 Å². The zero-order valence-electron chi connectivity index (χ0n) is 5.76. The zero-order chi connectivity index (χ0) is 7.28. The molecule has 9 heavy (non-hydrogen) atoms. The maximum Gasteiger partial charge on any atom is 0.280 e. The largest absolute Gasteiger partial charge is 0.280 e. The molecule has 0 bridgehead atoms. The van der Waals surface area contributed by atoms with Crippen LogP contribution in [0.2, 0.25) is 0 Å². The summed E-state index contributed by atoms with van der Waals surface area (Å²) in [7, 11) is 0. The minimum atomic E-state index is -0.0787. The van der Waals surface area contributed by atoms with Gasteiger partial charge in [0.25, 0.3) is 5.56 Å². The molecule has 0 unspecified atom stereocenters. The van der Waals surface area contributed by atoms with Crippen LogP contribution in [0.1, 0.15) is 19.5 Å². The normalized spacial score (nSPS) is 7.89. The van der Waals surface area contributed by atoms with Gasteiger partial charge in [0.1, 0.15) is 5.69 Å². The van der Waals surface area contributed by atoms with Crippen LogP contribution in [-0.2, 0) is 0 Å². The summed E-state index contributed by atoms with van der Waals surface area (Å²) in [5, 5.41) is 0. The topological polar surface area (TPSA) is 45.8 Å². The molecule has 52 valence electrons. The Morgan fingerprint density at radius 1 is 1.56 bits per heavy atom. The van der Waals surface area contributed by atoms with Crippen molar-refractivity contribution < 1.29 is 0 Å². The van der Waals surface area contributed by atoms with Crippen molar-refractivity contribution in [3.05, 3.63) is 16.0 Å². The van der Waals surface area contributed by atoms with E-state index in [1.54, 1.807) is 6.92 Å². The van der Waals surface area contributed by atoms with Gasteiger partial charge in [-0.2, -0.15) is 4.37 Å². The Morgan fingerprint density at radius 2 is 2.11 bits per heavy atom. The Bertz CT molecular complexity index is 203. The highest BCUT2D eigenvalue weighted by Crippen LogP contribution is 1.79. The monoisotopic (exact) mass is 146 g/mol. The van der Waals surface area contributed by atoms with Crippen molar-refractivity contribution in [1.82, 2.24) is 8.75 Å².